The monoisotopic (exact) mass is 151 g/mol. The molecule has 2 rings (SSSR count). The Kier molecular flexibility index (Phi) is 1.41. The van der Waals surface area contributed by atoms with Gasteiger partial charge in [0, 0.05) is 13.6 Å². The van der Waals surface area contributed by atoms with Crippen molar-refractivity contribution in [1.82, 2.24) is 4.90 Å². The Morgan fingerprint density at radius 1 is 1.55 bits per heavy atom. The van der Waals surface area contributed by atoms with Crippen LogP contribution in [0.2, 0.25) is 0 Å². The smallest absolute Gasteiger partial charge is 0.194 e. The summed E-state index contributed by atoms with van der Waals surface area (Å²) < 4.78 is 5.59. The maximum absolute atomic E-state index is 5.59. The fourth-order valence-corrected chi connectivity index (χ4v) is 1.58. The van der Waals surface area contributed by atoms with E-state index in [1.807, 2.05) is 6.92 Å². The summed E-state index contributed by atoms with van der Waals surface area (Å²) >= 11 is 0. The van der Waals surface area contributed by atoms with E-state index < -0.39 is 0 Å². The highest BCUT2D eigenvalue weighted by molar-refractivity contribution is 5.22. The summed E-state index contributed by atoms with van der Waals surface area (Å²) in [6.45, 7) is 3.13. The van der Waals surface area contributed by atoms with Crippen molar-refractivity contribution in [3.05, 3.63) is 23.3 Å². The van der Waals surface area contributed by atoms with Gasteiger partial charge in [-0.15, -0.1) is 0 Å². The van der Waals surface area contributed by atoms with E-state index in [2.05, 4.69) is 18.0 Å². The van der Waals surface area contributed by atoms with Crippen LogP contribution in [0.3, 0.4) is 0 Å². The minimum Gasteiger partial charge on any atom is -0.446 e. The third-order valence-electron chi connectivity index (χ3n) is 2.29. The zero-order valence-electron chi connectivity index (χ0n) is 7.05. The Hall–Kier alpha value is -0.920. The molecule has 0 bridgehead atoms. The van der Waals surface area contributed by atoms with Crippen molar-refractivity contribution in [2.45, 2.75) is 19.8 Å². The normalized spacial score (nSPS) is 23.1. The number of hydrogen-bond donors (Lipinski definition) is 0. The van der Waals surface area contributed by atoms with Gasteiger partial charge in [0.2, 0.25) is 0 Å². The van der Waals surface area contributed by atoms with E-state index in [0.717, 1.165) is 24.6 Å². The van der Waals surface area contributed by atoms with E-state index in [4.69, 9.17) is 4.74 Å². The molecule has 0 saturated heterocycles. The fourth-order valence-electron chi connectivity index (χ4n) is 1.58. The number of hydrogen-bond acceptors (Lipinski definition) is 2. The maximum Gasteiger partial charge on any atom is 0.194 e. The Bertz CT molecular complexity index is 240. The highest BCUT2D eigenvalue weighted by atomic mass is 16.5. The number of ether oxygens (including phenoxy) is 1. The van der Waals surface area contributed by atoms with Crippen LogP contribution in [0.5, 0.6) is 0 Å². The van der Waals surface area contributed by atoms with Crippen molar-refractivity contribution in [3.8, 4) is 0 Å². The minimum atomic E-state index is 1.04. The van der Waals surface area contributed by atoms with E-state index in [9.17, 15) is 0 Å². The fraction of sp³-hybridized carbons (Fsp3) is 0.556. The first-order valence-corrected chi connectivity index (χ1v) is 4.05. The molecule has 0 atom stereocenters. The Morgan fingerprint density at radius 3 is 3.18 bits per heavy atom. The van der Waals surface area contributed by atoms with Crippen LogP contribution in [-0.4, -0.2) is 18.5 Å². The number of nitrogens with zero attached hydrogens (tertiary/aromatic N) is 1. The minimum absolute atomic E-state index is 1.04. The number of rotatable bonds is 0. The molecule has 0 N–H and O–H groups in total. The van der Waals surface area contributed by atoms with Gasteiger partial charge in [0.25, 0.3) is 0 Å². The molecule has 0 amide bonds. The second-order valence-corrected chi connectivity index (χ2v) is 3.20. The lowest BCUT2D eigenvalue weighted by atomic mass is 10.1. The Labute approximate surface area is 67.1 Å². The van der Waals surface area contributed by atoms with Crippen molar-refractivity contribution >= 4 is 0 Å². The quantitative estimate of drug-likeness (QED) is 0.524. The molecule has 0 saturated carbocycles. The van der Waals surface area contributed by atoms with Crippen molar-refractivity contribution < 1.29 is 4.74 Å². The average Bonchev–Trinajstić information content (AvgIpc) is 2.33. The zero-order chi connectivity index (χ0) is 7.84. The van der Waals surface area contributed by atoms with Crippen molar-refractivity contribution in [1.29, 1.82) is 0 Å². The molecule has 2 heterocycles. The summed E-state index contributed by atoms with van der Waals surface area (Å²) in [5.74, 6) is 2.14. The third kappa shape index (κ3) is 1.02. The van der Waals surface area contributed by atoms with Crippen molar-refractivity contribution in [2.75, 3.05) is 13.6 Å². The van der Waals surface area contributed by atoms with E-state index in [1.54, 1.807) is 0 Å². The first kappa shape index (κ1) is 6.77. The molecule has 0 fully saturated rings. The molecule has 2 heteroatoms. The van der Waals surface area contributed by atoms with Crippen LogP contribution >= 0.6 is 0 Å². The summed E-state index contributed by atoms with van der Waals surface area (Å²) in [4.78, 5) is 2.19. The van der Waals surface area contributed by atoms with Gasteiger partial charge in [-0.05, 0) is 31.4 Å². The first-order valence-electron chi connectivity index (χ1n) is 4.05. The zero-order valence-corrected chi connectivity index (χ0v) is 7.05. The first-order chi connectivity index (χ1) is 5.27. The van der Waals surface area contributed by atoms with Gasteiger partial charge in [-0.3, -0.25) is 0 Å². The lowest BCUT2D eigenvalue weighted by Crippen LogP contribution is -2.15. The predicted octanol–water partition coefficient (Wildman–Crippen LogP) is 1.86. The van der Waals surface area contributed by atoms with Gasteiger partial charge in [0.1, 0.15) is 0 Å². The van der Waals surface area contributed by atoms with Gasteiger partial charge in [0.05, 0.1) is 5.76 Å². The summed E-state index contributed by atoms with van der Waals surface area (Å²) in [5, 5.41) is 0. The van der Waals surface area contributed by atoms with Gasteiger partial charge >= 0.3 is 0 Å². The third-order valence-corrected chi connectivity index (χ3v) is 2.29. The molecule has 0 spiro atoms. The largest absolute Gasteiger partial charge is 0.446 e. The van der Waals surface area contributed by atoms with Gasteiger partial charge in [-0.1, -0.05) is 0 Å². The maximum atomic E-state index is 5.59. The van der Waals surface area contributed by atoms with Gasteiger partial charge in [-0.25, -0.2) is 0 Å². The molecule has 0 aromatic heterocycles. The molecule has 60 valence electrons. The van der Waals surface area contributed by atoms with E-state index >= 15 is 0 Å². The lowest BCUT2D eigenvalue weighted by molar-refractivity contribution is 0.196. The molecule has 2 aliphatic rings. The van der Waals surface area contributed by atoms with Gasteiger partial charge in [-0.2, -0.15) is 0 Å². The van der Waals surface area contributed by atoms with E-state index in [1.165, 1.54) is 12.0 Å². The van der Waals surface area contributed by atoms with Crippen LogP contribution < -0.4 is 0 Å². The Morgan fingerprint density at radius 2 is 2.36 bits per heavy atom. The molecule has 0 unspecified atom stereocenters. The van der Waals surface area contributed by atoms with Crippen LogP contribution in [0.15, 0.2) is 23.3 Å². The van der Waals surface area contributed by atoms with Gasteiger partial charge < -0.3 is 9.64 Å². The Balaban J connectivity index is 2.21. The molecule has 2 aliphatic heterocycles. The SMILES string of the molecule is CC1=CCC2=C(O1)N(C)CC2. The molecule has 0 aliphatic carbocycles. The number of allylic oxidation sites excluding steroid dienone is 2. The predicted molar refractivity (Wildman–Crippen MR) is 43.7 cm³/mol. The van der Waals surface area contributed by atoms with Gasteiger partial charge in [0.15, 0.2) is 5.88 Å². The average molecular weight is 151 g/mol. The molecule has 0 aromatic carbocycles. The van der Waals surface area contributed by atoms with Crippen LogP contribution in [-0.2, 0) is 4.74 Å². The second-order valence-electron chi connectivity index (χ2n) is 3.20. The van der Waals surface area contributed by atoms with Crippen LogP contribution in [0.1, 0.15) is 19.8 Å². The molecule has 2 nitrogen and oxygen atoms in total. The summed E-state index contributed by atoms with van der Waals surface area (Å²) in [5.41, 5.74) is 1.46. The molecular weight excluding hydrogens is 138 g/mol. The molecule has 0 radical (unpaired) electrons. The van der Waals surface area contributed by atoms with Crippen LogP contribution in [0.25, 0.3) is 0 Å². The topological polar surface area (TPSA) is 12.5 Å². The lowest BCUT2D eigenvalue weighted by Gasteiger charge is -2.20. The standard InChI is InChI=1S/C9H13NO/c1-7-3-4-8-5-6-10(2)9(8)11-7/h3H,4-6H2,1-2H3. The van der Waals surface area contributed by atoms with Crippen LogP contribution in [0.4, 0.5) is 0 Å². The van der Waals surface area contributed by atoms with Crippen LogP contribution in [0, 0.1) is 0 Å². The van der Waals surface area contributed by atoms with E-state index in [-0.39, 0.29) is 0 Å². The molecular formula is C9H13NO. The second kappa shape index (κ2) is 2.29. The van der Waals surface area contributed by atoms with E-state index in [0.29, 0.717) is 0 Å². The summed E-state index contributed by atoms with van der Waals surface area (Å²) in [6, 6.07) is 0. The van der Waals surface area contributed by atoms with Crippen molar-refractivity contribution in [2.24, 2.45) is 0 Å². The molecule has 0 aromatic rings. The molecule has 11 heavy (non-hydrogen) atoms. The highest BCUT2D eigenvalue weighted by Gasteiger charge is 2.23. The summed E-state index contributed by atoms with van der Waals surface area (Å²) in [6.07, 6.45) is 4.42. The summed E-state index contributed by atoms with van der Waals surface area (Å²) in [7, 11) is 2.08. The highest BCUT2D eigenvalue weighted by Crippen LogP contribution is 2.30. The van der Waals surface area contributed by atoms with Crippen molar-refractivity contribution in [3.63, 3.8) is 0 Å².